The summed E-state index contributed by atoms with van der Waals surface area (Å²) in [7, 11) is 0. The van der Waals surface area contributed by atoms with E-state index in [1.54, 1.807) is 0 Å². The molecular weight excluding hydrogens is 208 g/mol. The Bertz CT molecular complexity index is 230. The molecule has 1 N–H and O–H groups in total. The van der Waals surface area contributed by atoms with Crippen LogP contribution >= 0.6 is 0 Å². The van der Waals surface area contributed by atoms with Crippen LogP contribution in [0, 0.1) is 5.92 Å². The molecule has 2 unspecified atom stereocenters. The van der Waals surface area contributed by atoms with Gasteiger partial charge in [-0.2, -0.15) is 0 Å². The van der Waals surface area contributed by atoms with Crippen molar-refractivity contribution >= 4 is 0 Å². The largest absolute Gasteiger partial charge is 0.312 e. The number of hydrogen-bond acceptors (Lipinski definition) is 2. The smallest absolute Gasteiger partial charge is 0.0163 e. The van der Waals surface area contributed by atoms with Gasteiger partial charge in [0.1, 0.15) is 0 Å². The molecule has 0 aromatic carbocycles. The quantitative estimate of drug-likeness (QED) is 0.686. The first-order valence-electron chi connectivity index (χ1n) is 7.08. The van der Waals surface area contributed by atoms with Crippen LogP contribution in [0.2, 0.25) is 0 Å². The van der Waals surface area contributed by atoms with Crippen LogP contribution in [0.1, 0.15) is 47.0 Å². The molecule has 0 amide bonds. The Kier molecular flexibility index (Phi) is 5.68. The summed E-state index contributed by atoms with van der Waals surface area (Å²) in [5, 5.41) is 3.64. The molecule has 0 aromatic heterocycles. The van der Waals surface area contributed by atoms with E-state index in [1.807, 2.05) is 6.08 Å². The zero-order chi connectivity index (χ0) is 12.9. The highest BCUT2D eigenvalue weighted by atomic mass is 15.2. The van der Waals surface area contributed by atoms with Gasteiger partial charge in [-0.1, -0.05) is 13.0 Å². The van der Waals surface area contributed by atoms with Crippen LogP contribution in [0.4, 0.5) is 0 Å². The van der Waals surface area contributed by atoms with Crippen LogP contribution in [0.5, 0.6) is 0 Å². The summed E-state index contributed by atoms with van der Waals surface area (Å²) in [5.41, 5.74) is 0.244. The maximum atomic E-state index is 3.88. The SMILES string of the molecule is C=CCN(CCC)C1CCC1CNC(C)(C)C. The standard InChI is InChI=1S/C15H30N2/c1-6-10-17(11-7-2)14-9-8-13(14)12-16-15(3,4)5/h6,13-14,16H,1,7-12H2,2-5H3. The molecule has 0 radical (unpaired) electrons. The lowest BCUT2D eigenvalue weighted by Gasteiger charge is -2.45. The Balaban J connectivity index is 2.39. The molecule has 0 aromatic rings. The Morgan fingerprint density at radius 3 is 2.47 bits per heavy atom. The summed E-state index contributed by atoms with van der Waals surface area (Å²) in [6, 6.07) is 0.780. The molecule has 1 aliphatic carbocycles. The molecule has 0 bridgehead atoms. The topological polar surface area (TPSA) is 15.3 Å². The number of rotatable bonds is 7. The average Bonchev–Trinajstić information content (AvgIpc) is 2.15. The highest BCUT2D eigenvalue weighted by molar-refractivity contribution is 4.93. The zero-order valence-corrected chi connectivity index (χ0v) is 12.1. The fourth-order valence-electron chi connectivity index (χ4n) is 2.55. The van der Waals surface area contributed by atoms with Gasteiger partial charge < -0.3 is 5.32 Å². The van der Waals surface area contributed by atoms with Crippen molar-refractivity contribution in [3.05, 3.63) is 12.7 Å². The average molecular weight is 238 g/mol. The van der Waals surface area contributed by atoms with Gasteiger partial charge in [0.15, 0.2) is 0 Å². The van der Waals surface area contributed by atoms with E-state index in [0.717, 1.165) is 25.0 Å². The van der Waals surface area contributed by atoms with Gasteiger partial charge in [0, 0.05) is 18.1 Å². The highest BCUT2D eigenvalue weighted by Crippen LogP contribution is 2.32. The molecule has 1 fully saturated rings. The summed E-state index contributed by atoms with van der Waals surface area (Å²) in [6.45, 7) is 16.3. The molecule has 0 spiro atoms. The number of nitrogens with zero attached hydrogens (tertiary/aromatic N) is 1. The lowest BCUT2D eigenvalue weighted by atomic mass is 9.78. The van der Waals surface area contributed by atoms with Crippen molar-refractivity contribution in [3.63, 3.8) is 0 Å². The maximum Gasteiger partial charge on any atom is 0.0163 e. The minimum absolute atomic E-state index is 0.244. The van der Waals surface area contributed by atoms with Gasteiger partial charge in [-0.05, 0) is 59.0 Å². The van der Waals surface area contributed by atoms with Gasteiger partial charge in [-0.3, -0.25) is 4.90 Å². The molecule has 1 aliphatic rings. The summed E-state index contributed by atoms with van der Waals surface area (Å²) in [4.78, 5) is 2.60. The summed E-state index contributed by atoms with van der Waals surface area (Å²) < 4.78 is 0. The van der Waals surface area contributed by atoms with E-state index in [2.05, 4.69) is 44.5 Å². The third-order valence-corrected chi connectivity index (χ3v) is 3.62. The third kappa shape index (κ3) is 4.81. The van der Waals surface area contributed by atoms with Crippen LogP contribution < -0.4 is 5.32 Å². The first-order valence-corrected chi connectivity index (χ1v) is 7.08. The van der Waals surface area contributed by atoms with E-state index in [4.69, 9.17) is 0 Å². The first kappa shape index (κ1) is 14.7. The lowest BCUT2D eigenvalue weighted by molar-refractivity contribution is 0.0675. The molecule has 17 heavy (non-hydrogen) atoms. The van der Waals surface area contributed by atoms with Gasteiger partial charge in [-0.15, -0.1) is 6.58 Å². The molecular formula is C15H30N2. The van der Waals surface area contributed by atoms with Gasteiger partial charge in [0.25, 0.3) is 0 Å². The molecule has 100 valence electrons. The van der Waals surface area contributed by atoms with E-state index in [0.29, 0.717) is 0 Å². The van der Waals surface area contributed by atoms with Crippen LogP contribution in [0.15, 0.2) is 12.7 Å². The predicted molar refractivity (Wildman–Crippen MR) is 76.3 cm³/mol. The number of hydrogen-bond donors (Lipinski definition) is 1. The van der Waals surface area contributed by atoms with Crippen molar-refractivity contribution in [3.8, 4) is 0 Å². The maximum absolute atomic E-state index is 3.88. The third-order valence-electron chi connectivity index (χ3n) is 3.62. The van der Waals surface area contributed by atoms with Crippen molar-refractivity contribution < 1.29 is 0 Å². The molecule has 0 heterocycles. The molecule has 2 heteroatoms. The molecule has 2 atom stereocenters. The van der Waals surface area contributed by atoms with E-state index in [-0.39, 0.29) is 5.54 Å². The summed E-state index contributed by atoms with van der Waals surface area (Å²) >= 11 is 0. The van der Waals surface area contributed by atoms with Crippen LogP contribution in [-0.4, -0.2) is 36.1 Å². The Morgan fingerprint density at radius 1 is 1.35 bits per heavy atom. The fourth-order valence-corrected chi connectivity index (χ4v) is 2.55. The normalized spacial score (nSPS) is 24.8. The first-order chi connectivity index (χ1) is 7.98. The highest BCUT2D eigenvalue weighted by Gasteiger charge is 2.34. The van der Waals surface area contributed by atoms with Crippen molar-refractivity contribution in [1.29, 1.82) is 0 Å². The summed E-state index contributed by atoms with van der Waals surface area (Å²) in [5.74, 6) is 0.834. The van der Waals surface area contributed by atoms with Crippen LogP contribution in [0.25, 0.3) is 0 Å². The second kappa shape index (κ2) is 6.55. The Morgan fingerprint density at radius 2 is 2.06 bits per heavy atom. The second-order valence-corrected chi connectivity index (χ2v) is 6.32. The van der Waals surface area contributed by atoms with Crippen molar-refractivity contribution in [2.45, 2.75) is 58.5 Å². The number of nitrogens with one attached hydrogen (secondary N) is 1. The van der Waals surface area contributed by atoms with Gasteiger partial charge in [0.05, 0.1) is 0 Å². The van der Waals surface area contributed by atoms with Crippen molar-refractivity contribution in [2.75, 3.05) is 19.6 Å². The summed E-state index contributed by atoms with van der Waals surface area (Å²) in [6.07, 6.45) is 6.03. The molecule has 0 aliphatic heterocycles. The van der Waals surface area contributed by atoms with E-state index in [9.17, 15) is 0 Å². The van der Waals surface area contributed by atoms with Gasteiger partial charge in [0.2, 0.25) is 0 Å². The Labute approximate surface area is 107 Å². The van der Waals surface area contributed by atoms with Crippen molar-refractivity contribution in [2.24, 2.45) is 5.92 Å². The molecule has 1 rings (SSSR count). The Hall–Kier alpha value is -0.340. The fraction of sp³-hybridized carbons (Fsp3) is 0.867. The molecule has 1 saturated carbocycles. The van der Waals surface area contributed by atoms with E-state index in [1.165, 1.54) is 25.8 Å². The minimum atomic E-state index is 0.244. The lowest BCUT2D eigenvalue weighted by Crippen LogP contribution is -2.52. The monoisotopic (exact) mass is 238 g/mol. The molecule has 0 saturated heterocycles. The van der Waals surface area contributed by atoms with Crippen LogP contribution in [-0.2, 0) is 0 Å². The second-order valence-electron chi connectivity index (χ2n) is 6.32. The van der Waals surface area contributed by atoms with E-state index < -0.39 is 0 Å². The van der Waals surface area contributed by atoms with Crippen LogP contribution in [0.3, 0.4) is 0 Å². The zero-order valence-electron chi connectivity index (χ0n) is 12.1. The predicted octanol–water partition coefficient (Wildman–Crippen LogP) is 3.05. The van der Waals surface area contributed by atoms with Crippen molar-refractivity contribution in [1.82, 2.24) is 10.2 Å². The van der Waals surface area contributed by atoms with Gasteiger partial charge >= 0.3 is 0 Å². The van der Waals surface area contributed by atoms with E-state index >= 15 is 0 Å². The molecule has 2 nitrogen and oxygen atoms in total. The minimum Gasteiger partial charge on any atom is -0.312 e. The van der Waals surface area contributed by atoms with Gasteiger partial charge in [-0.25, -0.2) is 0 Å².